The summed E-state index contributed by atoms with van der Waals surface area (Å²) in [5.74, 6) is 1.32. The first-order chi connectivity index (χ1) is 8.20. The second kappa shape index (κ2) is 6.05. The van der Waals surface area contributed by atoms with Crippen molar-refractivity contribution in [1.82, 2.24) is 4.57 Å². The normalized spacial score (nSPS) is 10.2. The summed E-state index contributed by atoms with van der Waals surface area (Å²) in [7, 11) is 0. The molecule has 0 amide bonds. The van der Waals surface area contributed by atoms with Gasteiger partial charge in [0, 0.05) is 13.8 Å². The molecule has 0 saturated carbocycles. The van der Waals surface area contributed by atoms with E-state index >= 15 is 0 Å². The lowest BCUT2D eigenvalue weighted by atomic mass is 10.2. The number of rotatable bonds is 3. The molecule has 1 aromatic heterocycles. The largest absolute Gasteiger partial charge is 1.00 e. The second-order valence-corrected chi connectivity index (χ2v) is 4.35. The van der Waals surface area contributed by atoms with E-state index in [1.807, 2.05) is 0 Å². The lowest BCUT2D eigenvalue weighted by molar-refractivity contribution is -0.688. The number of halogens is 1. The van der Waals surface area contributed by atoms with Crippen LogP contribution in [0, 0.1) is 13.8 Å². The van der Waals surface area contributed by atoms with Crippen LogP contribution in [0.1, 0.15) is 25.2 Å². The highest BCUT2D eigenvalue weighted by molar-refractivity contribution is 5.53. The summed E-state index contributed by atoms with van der Waals surface area (Å²) in [5, 5.41) is 0. The van der Waals surface area contributed by atoms with Crippen LogP contribution in [0.2, 0.25) is 0 Å². The fourth-order valence-corrected chi connectivity index (χ4v) is 2.53. The number of imidazole rings is 1. The first-order valence-corrected chi connectivity index (χ1v) is 6.35. The summed E-state index contributed by atoms with van der Waals surface area (Å²) in [6.45, 7) is 10.9. The summed E-state index contributed by atoms with van der Waals surface area (Å²) in [6.07, 6.45) is 0. The van der Waals surface area contributed by atoms with Gasteiger partial charge in [0.05, 0.1) is 18.7 Å². The van der Waals surface area contributed by atoms with Gasteiger partial charge in [-0.05, 0) is 26.0 Å². The van der Waals surface area contributed by atoms with Crippen molar-refractivity contribution in [2.45, 2.75) is 40.8 Å². The molecule has 0 bridgehead atoms. The van der Waals surface area contributed by atoms with Crippen LogP contribution in [0.5, 0.6) is 0 Å². The minimum absolute atomic E-state index is 0. The Morgan fingerprint density at radius 1 is 1.06 bits per heavy atom. The summed E-state index contributed by atoms with van der Waals surface area (Å²) in [5.41, 5.74) is 4.04. The average molecular weight is 265 g/mol. The molecular formula is C15H21ClN2. The molecule has 0 aliphatic heterocycles. The van der Waals surface area contributed by atoms with Crippen molar-refractivity contribution < 1.29 is 17.0 Å². The molecule has 2 nitrogen and oxygen atoms in total. The molecule has 0 fully saturated rings. The number of hydrogen-bond acceptors (Lipinski definition) is 0. The van der Waals surface area contributed by atoms with Gasteiger partial charge in [-0.3, -0.25) is 0 Å². The van der Waals surface area contributed by atoms with Crippen molar-refractivity contribution in [2.75, 3.05) is 0 Å². The highest BCUT2D eigenvalue weighted by atomic mass is 35.5. The maximum atomic E-state index is 2.40. The van der Waals surface area contributed by atoms with Gasteiger partial charge in [-0.2, -0.15) is 0 Å². The van der Waals surface area contributed by atoms with Crippen molar-refractivity contribution in [1.29, 1.82) is 0 Å². The molecule has 0 atom stereocenters. The third-order valence-corrected chi connectivity index (χ3v) is 3.51. The highest BCUT2D eigenvalue weighted by Crippen LogP contribution is 2.20. The van der Waals surface area contributed by atoms with Crippen molar-refractivity contribution in [3.05, 3.63) is 41.7 Å². The van der Waals surface area contributed by atoms with Crippen LogP contribution >= 0.6 is 0 Å². The van der Waals surface area contributed by atoms with E-state index in [-0.39, 0.29) is 12.4 Å². The SMILES string of the molecule is CCn1c(C)c(C)[n+](CC)c1-c1ccccc1.[Cl-]. The average Bonchev–Trinajstić information content (AvgIpc) is 2.62. The van der Waals surface area contributed by atoms with Gasteiger partial charge < -0.3 is 12.4 Å². The Kier molecular flexibility index (Phi) is 4.97. The molecule has 0 spiro atoms. The Morgan fingerprint density at radius 3 is 2.17 bits per heavy atom. The smallest absolute Gasteiger partial charge is 0.289 e. The first kappa shape index (κ1) is 14.8. The molecule has 2 aromatic rings. The van der Waals surface area contributed by atoms with Crippen LogP contribution in [0.15, 0.2) is 30.3 Å². The van der Waals surface area contributed by atoms with Crippen LogP contribution in [-0.2, 0) is 13.1 Å². The van der Waals surface area contributed by atoms with Gasteiger partial charge in [-0.25, -0.2) is 9.13 Å². The fraction of sp³-hybridized carbons (Fsp3) is 0.400. The van der Waals surface area contributed by atoms with Gasteiger partial charge in [0.15, 0.2) is 0 Å². The third kappa shape index (κ3) is 2.30. The zero-order chi connectivity index (χ0) is 12.4. The van der Waals surface area contributed by atoms with Crippen molar-refractivity contribution in [2.24, 2.45) is 0 Å². The molecule has 1 aromatic carbocycles. The molecule has 3 heteroatoms. The molecule has 0 radical (unpaired) electrons. The van der Waals surface area contributed by atoms with Gasteiger partial charge in [0.25, 0.3) is 5.82 Å². The summed E-state index contributed by atoms with van der Waals surface area (Å²) in [6, 6.07) is 10.7. The Bertz CT molecular complexity index is 488. The van der Waals surface area contributed by atoms with E-state index in [9.17, 15) is 0 Å². The topological polar surface area (TPSA) is 8.81 Å². The zero-order valence-electron chi connectivity index (χ0n) is 11.6. The molecule has 0 aliphatic rings. The summed E-state index contributed by atoms with van der Waals surface area (Å²) in [4.78, 5) is 0. The predicted octanol–water partition coefficient (Wildman–Crippen LogP) is 0.103. The van der Waals surface area contributed by atoms with E-state index in [2.05, 4.69) is 67.2 Å². The van der Waals surface area contributed by atoms with Crippen LogP contribution in [0.25, 0.3) is 11.4 Å². The van der Waals surface area contributed by atoms with Gasteiger partial charge in [-0.15, -0.1) is 0 Å². The Labute approximate surface area is 116 Å². The standard InChI is InChI=1S/C15H21N2.ClH/c1-5-16-12(3)13(4)17(6-2)15(16)14-10-8-7-9-11-14;/h7-11H,5-6H2,1-4H3;1H/q+1;/p-1. The Hall–Kier alpha value is -1.28. The third-order valence-electron chi connectivity index (χ3n) is 3.51. The predicted molar refractivity (Wildman–Crippen MR) is 70.9 cm³/mol. The molecule has 98 valence electrons. The molecule has 0 unspecified atom stereocenters. The van der Waals surface area contributed by atoms with Crippen molar-refractivity contribution >= 4 is 0 Å². The molecule has 0 saturated heterocycles. The number of nitrogens with zero attached hydrogens (tertiary/aromatic N) is 2. The fourth-order valence-electron chi connectivity index (χ4n) is 2.53. The first-order valence-electron chi connectivity index (χ1n) is 6.35. The van der Waals surface area contributed by atoms with E-state index in [0.717, 1.165) is 13.1 Å². The molecule has 0 N–H and O–H groups in total. The molecular weight excluding hydrogens is 244 g/mol. The lowest BCUT2D eigenvalue weighted by Crippen LogP contribution is -3.00. The lowest BCUT2D eigenvalue weighted by Gasteiger charge is -2.02. The van der Waals surface area contributed by atoms with Gasteiger partial charge in [0.1, 0.15) is 11.4 Å². The van der Waals surface area contributed by atoms with E-state index in [4.69, 9.17) is 0 Å². The molecule has 2 rings (SSSR count). The summed E-state index contributed by atoms with van der Waals surface area (Å²) >= 11 is 0. The maximum Gasteiger partial charge on any atom is 0.289 e. The van der Waals surface area contributed by atoms with Gasteiger partial charge in [0.2, 0.25) is 0 Å². The van der Waals surface area contributed by atoms with E-state index in [0.29, 0.717) is 0 Å². The van der Waals surface area contributed by atoms with Crippen LogP contribution in [0.3, 0.4) is 0 Å². The minimum Gasteiger partial charge on any atom is -1.00 e. The number of aromatic nitrogens is 2. The molecule has 18 heavy (non-hydrogen) atoms. The zero-order valence-corrected chi connectivity index (χ0v) is 12.3. The molecule has 1 heterocycles. The number of hydrogen-bond donors (Lipinski definition) is 0. The Balaban J connectivity index is 0.00000162. The van der Waals surface area contributed by atoms with Crippen LogP contribution < -0.4 is 17.0 Å². The quantitative estimate of drug-likeness (QED) is 0.696. The number of benzene rings is 1. The monoisotopic (exact) mass is 264 g/mol. The van der Waals surface area contributed by atoms with Gasteiger partial charge in [-0.1, -0.05) is 18.2 Å². The second-order valence-electron chi connectivity index (χ2n) is 4.35. The van der Waals surface area contributed by atoms with E-state index in [1.165, 1.54) is 22.8 Å². The van der Waals surface area contributed by atoms with E-state index in [1.54, 1.807) is 0 Å². The van der Waals surface area contributed by atoms with Crippen molar-refractivity contribution in [3.63, 3.8) is 0 Å². The Morgan fingerprint density at radius 2 is 1.67 bits per heavy atom. The minimum atomic E-state index is 0. The van der Waals surface area contributed by atoms with E-state index < -0.39 is 0 Å². The van der Waals surface area contributed by atoms with Crippen LogP contribution in [0.4, 0.5) is 0 Å². The van der Waals surface area contributed by atoms with Crippen LogP contribution in [-0.4, -0.2) is 4.57 Å². The van der Waals surface area contributed by atoms with Crippen molar-refractivity contribution in [3.8, 4) is 11.4 Å². The maximum absolute atomic E-state index is 2.40. The highest BCUT2D eigenvalue weighted by Gasteiger charge is 2.24. The molecule has 0 aliphatic carbocycles. The van der Waals surface area contributed by atoms with Gasteiger partial charge >= 0.3 is 0 Å². The summed E-state index contributed by atoms with van der Waals surface area (Å²) < 4.78 is 4.79.